The zero-order valence-corrected chi connectivity index (χ0v) is 16.8. The molecule has 5 nitrogen and oxygen atoms in total. The topological polar surface area (TPSA) is 70.7 Å². The van der Waals surface area contributed by atoms with Gasteiger partial charge in [0.2, 0.25) is 5.91 Å². The normalized spacial score (nSPS) is 10.9. The van der Waals surface area contributed by atoms with Gasteiger partial charge in [0, 0.05) is 11.8 Å². The van der Waals surface area contributed by atoms with Crippen molar-refractivity contribution >= 4 is 57.6 Å². The first-order chi connectivity index (χ1) is 13.6. The number of benzene rings is 2. The molecule has 0 saturated carbocycles. The molecular weight excluding hydrogens is 415 g/mol. The lowest BCUT2D eigenvalue weighted by atomic mass is 10.3. The van der Waals surface area contributed by atoms with E-state index in [1.54, 1.807) is 24.4 Å². The Kier molecular flexibility index (Phi) is 5.52. The zero-order valence-electron chi connectivity index (χ0n) is 14.4. The number of anilines is 1. The summed E-state index contributed by atoms with van der Waals surface area (Å²) in [5.74, 6) is 0.693. The van der Waals surface area contributed by atoms with Crippen molar-refractivity contribution in [2.45, 2.75) is 5.03 Å². The van der Waals surface area contributed by atoms with Crippen molar-refractivity contribution in [2.75, 3.05) is 11.1 Å². The van der Waals surface area contributed by atoms with Crippen LogP contribution in [0.25, 0.3) is 22.4 Å². The molecule has 4 rings (SSSR count). The second-order valence-electron chi connectivity index (χ2n) is 5.90. The minimum absolute atomic E-state index is 0.174. The molecule has 28 heavy (non-hydrogen) atoms. The molecule has 1 amide bonds. The first-order valence-corrected chi connectivity index (χ1v) is 10.1. The highest BCUT2D eigenvalue weighted by Crippen LogP contribution is 2.31. The monoisotopic (exact) mass is 428 g/mol. The Morgan fingerprint density at radius 2 is 1.93 bits per heavy atom. The van der Waals surface area contributed by atoms with Crippen molar-refractivity contribution in [3.8, 4) is 11.4 Å². The quantitative estimate of drug-likeness (QED) is 0.402. The van der Waals surface area contributed by atoms with Crippen LogP contribution in [-0.4, -0.2) is 26.6 Å². The fourth-order valence-corrected chi connectivity index (χ4v) is 3.83. The van der Waals surface area contributed by atoms with E-state index in [1.165, 1.54) is 11.8 Å². The molecule has 2 heterocycles. The van der Waals surface area contributed by atoms with E-state index in [-0.39, 0.29) is 11.7 Å². The van der Waals surface area contributed by atoms with Gasteiger partial charge in [0.15, 0.2) is 0 Å². The average molecular weight is 429 g/mol. The van der Waals surface area contributed by atoms with E-state index < -0.39 is 0 Å². The van der Waals surface area contributed by atoms with Gasteiger partial charge < -0.3 is 10.3 Å². The van der Waals surface area contributed by atoms with E-state index in [2.05, 4.69) is 20.3 Å². The van der Waals surface area contributed by atoms with Crippen LogP contribution < -0.4 is 5.32 Å². The summed E-state index contributed by atoms with van der Waals surface area (Å²) in [6, 6.07) is 16.7. The van der Waals surface area contributed by atoms with Crippen LogP contribution in [0.3, 0.4) is 0 Å². The van der Waals surface area contributed by atoms with Gasteiger partial charge in [-0.25, -0.2) is 9.97 Å². The van der Waals surface area contributed by atoms with E-state index in [1.807, 2.05) is 36.4 Å². The zero-order chi connectivity index (χ0) is 19.5. The molecule has 2 N–H and O–H groups in total. The highest BCUT2D eigenvalue weighted by molar-refractivity contribution is 8.00. The molecule has 0 spiro atoms. The number of para-hydroxylation sites is 2. The Labute approximate surface area is 175 Å². The SMILES string of the molecule is O=C(CSc1ncccc1-c1nc2ccccc2[nH]1)Nc1cccc(Cl)c1Cl. The number of halogens is 2. The van der Waals surface area contributed by atoms with Crippen LogP contribution in [0.5, 0.6) is 0 Å². The standard InChI is InChI=1S/C20H14Cl2N4OS/c21-13-6-3-9-16(18(13)22)24-17(27)11-28-20-12(5-4-10-23-20)19-25-14-7-1-2-8-15(14)26-19/h1-10H,11H2,(H,24,27)(H,25,26). The van der Waals surface area contributed by atoms with E-state index in [4.69, 9.17) is 23.2 Å². The summed E-state index contributed by atoms with van der Waals surface area (Å²) in [5.41, 5.74) is 3.16. The highest BCUT2D eigenvalue weighted by atomic mass is 35.5. The number of H-pyrrole nitrogens is 1. The van der Waals surface area contributed by atoms with Crippen LogP contribution in [0, 0.1) is 0 Å². The number of hydrogen-bond acceptors (Lipinski definition) is 4. The molecule has 2 aromatic heterocycles. The lowest BCUT2D eigenvalue weighted by Gasteiger charge is -2.09. The van der Waals surface area contributed by atoms with Crippen LogP contribution >= 0.6 is 35.0 Å². The lowest BCUT2D eigenvalue weighted by Crippen LogP contribution is -2.14. The molecule has 140 valence electrons. The predicted molar refractivity (Wildman–Crippen MR) is 115 cm³/mol. The van der Waals surface area contributed by atoms with Crippen molar-refractivity contribution in [3.63, 3.8) is 0 Å². The van der Waals surface area contributed by atoms with E-state index in [0.29, 0.717) is 20.8 Å². The first kappa shape index (κ1) is 18.8. The van der Waals surface area contributed by atoms with Gasteiger partial charge in [-0.2, -0.15) is 0 Å². The Morgan fingerprint density at radius 1 is 1.07 bits per heavy atom. The van der Waals surface area contributed by atoms with E-state index in [9.17, 15) is 4.79 Å². The maximum absolute atomic E-state index is 12.4. The van der Waals surface area contributed by atoms with Gasteiger partial charge in [-0.1, -0.05) is 53.2 Å². The summed E-state index contributed by atoms with van der Waals surface area (Å²) in [5, 5.41) is 4.21. The number of carbonyl (C=O) groups excluding carboxylic acids is 1. The summed E-state index contributed by atoms with van der Waals surface area (Å²) in [6.45, 7) is 0. The molecule has 8 heteroatoms. The summed E-state index contributed by atoms with van der Waals surface area (Å²) in [6.07, 6.45) is 1.69. The summed E-state index contributed by atoms with van der Waals surface area (Å²) in [4.78, 5) is 24.7. The third-order valence-corrected chi connectivity index (χ3v) is 5.81. The highest BCUT2D eigenvalue weighted by Gasteiger charge is 2.14. The van der Waals surface area contributed by atoms with Crippen molar-refractivity contribution in [1.82, 2.24) is 15.0 Å². The number of aromatic nitrogens is 3. The third kappa shape index (κ3) is 3.99. The molecule has 0 radical (unpaired) electrons. The van der Waals surface area contributed by atoms with Crippen molar-refractivity contribution in [3.05, 3.63) is 70.8 Å². The Balaban J connectivity index is 1.51. The number of rotatable bonds is 5. The molecular formula is C20H14Cl2N4OS. The number of aromatic amines is 1. The van der Waals surface area contributed by atoms with Crippen LogP contribution in [0.15, 0.2) is 65.8 Å². The molecule has 0 aliphatic rings. The van der Waals surface area contributed by atoms with E-state index in [0.717, 1.165) is 22.4 Å². The number of nitrogens with zero attached hydrogens (tertiary/aromatic N) is 2. The van der Waals surface area contributed by atoms with Crippen LogP contribution in [0.4, 0.5) is 5.69 Å². The molecule has 0 atom stereocenters. The van der Waals surface area contributed by atoms with Crippen LogP contribution in [0.2, 0.25) is 10.0 Å². The van der Waals surface area contributed by atoms with Gasteiger partial charge in [-0.05, 0) is 36.4 Å². The number of imidazole rings is 1. The van der Waals surface area contributed by atoms with Crippen molar-refractivity contribution in [1.29, 1.82) is 0 Å². The molecule has 0 unspecified atom stereocenters. The molecule has 0 aliphatic heterocycles. The largest absolute Gasteiger partial charge is 0.338 e. The second-order valence-corrected chi connectivity index (χ2v) is 7.65. The number of thioether (sulfide) groups is 1. The van der Waals surface area contributed by atoms with Gasteiger partial charge in [0.05, 0.1) is 32.5 Å². The minimum atomic E-state index is -0.199. The van der Waals surface area contributed by atoms with Gasteiger partial charge in [0.1, 0.15) is 10.9 Å². The van der Waals surface area contributed by atoms with Crippen molar-refractivity contribution in [2.24, 2.45) is 0 Å². The molecule has 0 saturated heterocycles. The van der Waals surface area contributed by atoms with Crippen LogP contribution in [-0.2, 0) is 4.79 Å². The van der Waals surface area contributed by atoms with Gasteiger partial charge in [-0.15, -0.1) is 0 Å². The predicted octanol–water partition coefficient (Wildman–Crippen LogP) is 5.66. The first-order valence-electron chi connectivity index (χ1n) is 8.38. The number of amides is 1. The van der Waals surface area contributed by atoms with Gasteiger partial charge in [-0.3, -0.25) is 4.79 Å². The average Bonchev–Trinajstić information content (AvgIpc) is 3.14. The maximum atomic E-state index is 12.4. The Bertz CT molecular complexity index is 1130. The summed E-state index contributed by atoms with van der Waals surface area (Å²) < 4.78 is 0. The minimum Gasteiger partial charge on any atom is -0.338 e. The maximum Gasteiger partial charge on any atom is 0.234 e. The smallest absolute Gasteiger partial charge is 0.234 e. The fourth-order valence-electron chi connectivity index (χ4n) is 2.69. The fraction of sp³-hybridized carbons (Fsp3) is 0.0500. The molecule has 2 aromatic carbocycles. The Hall–Kier alpha value is -2.54. The summed E-state index contributed by atoms with van der Waals surface area (Å²) in [7, 11) is 0. The number of nitrogens with one attached hydrogen (secondary N) is 2. The Morgan fingerprint density at radius 3 is 2.79 bits per heavy atom. The molecule has 4 aromatic rings. The van der Waals surface area contributed by atoms with Gasteiger partial charge >= 0.3 is 0 Å². The lowest BCUT2D eigenvalue weighted by molar-refractivity contribution is -0.113. The molecule has 0 bridgehead atoms. The molecule has 0 fully saturated rings. The van der Waals surface area contributed by atoms with E-state index >= 15 is 0 Å². The number of carbonyl (C=O) groups is 1. The number of fused-ring (bicyclic) bond motifs is 1. The molecule has 0 aliphatic carbocycles. The number of hydrogen-bond donors (Lipinski definition) is 2. The van der Waals surface area contributed by atoms with Crippen LogP contribution in [0.1, 0.15) is 0 Å². The third-order valence-electron chi connectivity index (χ3n) is 3.98. The second kappa shape index (κ2) is 8.22. The summed E-state index contributed by atoms with van der Waals surface area (Å²) >= 11 is 13.4. The van der Waals surface area contributed by atoms with Crippen molar-refractivity contribution < 1.29 is 4.79 Å². The van der Waals surface area contributed by atoms with Gasteiger partial charge in [0.25, 0.3) is 0 Å². The number of pyridine rings is 1.